The third-order valence-electron chi connectivity index (χ3n) is 11.2. The highest BCUT2D eigenvalue weighted by atomic mass is 79.9. The summed E-state index contributed by atoms with van der Waals surface area (Å²) in [6, 6.07) is 2.32. The van der Waals surface area contributed by atoms with Crippen LogP contribution in [0.25, 0.3) is 0 Å². The van der Waals surface area contributed by atoms with Crippen LogP contribution in [0.2, 0.25) is 0 Å². The van der Waals surface area contributed by atoms with Gasteiger partial charge in [-0.1, -0.05) is 50.0 Å². The summed E-state index contributed by atoms with van der Waals surface area (Å²) >= 11 is 3.67. The lowest BCUT2D eigenvalue weighted by Gasteiger charge is -2.50. The Morgan fingerprint density at radius 1 is 1.17 bits per heavy atom. The lowest BCUT2D eigenvalue weighted by atomic mass is 9.76. The molecule has 4 atom stereocenters. The van der Waals surface area contributed by atoms with Gasteiger partial charge in [0.15, 0.2) is 0 Å². The number of aryl methyl sites for hydroxylation is 2. The number of imidazole rings is 1. The zero-order valence-electron chi connectivity index (χ0n) is 28.1. The quantitative estimate of drug-likeness (QED) is 0.358. The van der Waals surface area contributed by atoms with E-state index in [2.05, 4.69) is 61.6 Å². The molecule has 2 saturated carbocycles. The minimum Gasteiger partial charge on any atom is -0.392 e. The first-order valence-corrected chi connectivity index (χ1v) is 18.6. The number of piperazine rings is 1. The van der Waals surface area contributed by atoms with E-state index in [1.807, 2.05) is 35.0 Å². The molecule has 0 aromatic carbocycles. The SMILES string of the molecule is CCC1(N2CCN(C(=O)NC3CCCCC3)/C(=C/CC(=O)NCCc3cn(C)cn3)C2)C2=C(CCc3cc(Br)cnc31)C1C(O)C1C=C2. The lowest BCUT2D eigenvalue weighted by Crippen LogP contribution is -2.58. The van der Waals surface area contributed by atoms with Gasteiger partial charge in [-0.3, -0.25) is 19.6 Å². The highest BCUT2D eigenvalue weighted by molar-refractivity contribution is 9.10. The van der Waals surface area contributed by atoms with Crippen LogP contribution < -0.4 is 10.6 Å². The minimum atomic E-state index is -0.526. The van der Waals surface area contributed by atoms with Crippen molar-refractivity contribution in [1.29, 1.82) is 0 Å². The zero-order chi connectivity index (χ0) is 33.4. The van der Waals surface area contributed by atoms with E-state index >= 15 is 0 Å². The van der Waals surface area contributed by atoms with E-state index in [1.165, 1.54) is 23.1 Å². The lowest BCUT2D eigenvalue weighted by molar-refractivity contribution is -0.120. The van der Waals surface area contributed by atoms with Crippen molar-refractivity contribution in [1.82, 2.24) is 35.0 Å². The molecule has 2 aromatic rings. The van der Waals surface area contributed by atoms with Crippen LogP contribution in [0, 0.1) is 11.8 Å². The van der Waals surface area contributed by atoms with Gasteiger partial charge in [-0.2, -0.15) is 0 Å². The first kappa shape index (κ1) is 33.2. The number of aliphatic hydroxyl groups excluding tert-OH is 1. The summed E-state index contributed by atoms with van der Waals surface area (Å²) in [5, 5.41) is 17.2. The van der Waals surface area contributed by atoms with Gasteiger partial charge in [0.25, 0.3) is 0 Å². The van der Waals surface area contributed by atoms with E-state index in [0.717, 1.165) is 66.5 Å². The van der Waals surface area contributed by atoms with Crippen molar-refractivity contribution in [2.24, 2.45) is 18.9 Å². The Balaban J connectivity index is 1.18. The van der Waals surface area contributed by atoms with Crippen molar-refractivity contribution >= 4 is 27.9 Å². The second-order valence-electron chi connectivity index (χ2n) is 14.2. The van der Waals surface area contributed by atoms with Crippen LogP contribution in [0.4, 0.5) is 4.79 Å². The van der Waals surface area contributed by atoms with Crippen LogP contribution in [0.3, 0.4) is 0 Å². The molecule has 11 heteroatoms. The van der Waals surface area contributed by atoms with Crippen LogP contribution in [0.5, 0.6) is 0 Å². The number of hydrogen-bond acceptors (Lipinski definition) is 6. The van der Waals surface area contributed by atoms with Crippen LogP contribution in [0.1, 0.15) is 75.2 Å². The molecule has 256 valence electrons. The van der Waals surface area contributed by atoms with E-state index in [4.69, 9.17) is 4.98 Å². The molecular weight excluding hydrogens is 670 g/mol. The number of rotatable bonds is 8. The highest BCUT2D eigenvalue weighted by Crippen LogP contribution is 2.57. The Hall–Kier alpha value is -3.28. The van der Waals surface area contributed by atoms with E-state index in [-0.39, 0.29) is 42.3 Å². The van der Waals surface area contributed by atoms with Crippen molar-refractivity contribution in [3.63, 3.8) is 0 Å². The van der Waals surface area contributed by atoms with Crippen molar-refractivity contribution in [2.45, 2.75) is 88.8 Å². The first-order valence-electron chi connectivity index (χ1n) is 17.8. The molecule has 48 heavy (non-hydrogen) atoms. The zero-order valence-corrected chi connectivity index (χ0v) is 29.7. The van der Waals surface area contributed by atoms with Gasteiger partial charge in [0, 0.05) is 86.5 Å². The number of carbonyl (C=O) groups is 2. The molecule has 4 aliphatic carbocycles. The normalized spacial score (nSPS) is 28.0. The summed E-state index contributed by atoms with van der Waals surface area (Å²) in [7, 11) is 1.93. The maximum Gasteiger partial charge on any atom is 0.321 e. The summed E-state index contributed by atoms with van der Waals surface area (Å²) in [4.78, 5) is 40.8. The summed E-state index contributed by atoms with van der Waals surface area (Å²) < 4.78 is 2.87. The van der Waals surface area contributed by atoms with Crippen LogP contribution in [0.15, 0.2) is 64.3 Å². The molecule has 10 nitrogen and oxygen atoms in total. The average Bonchev–Trinajstić information content (AvgIpc) is 3.61. The second kappa shape index (κ2) is 13.9. The van der Waals surface area contributed by atoms with Gasteiger partial charge < -0.3 is 20.3 Å². The fourth-order valence-corrected chi connectivity index (χ4v) is 9.07. The number of fused-ring (bicyclic) bond motifs is 3. The number of pyridine rings is 1. The first-order chi connectivity index (χ1) is 23.3. The van der Waals surface area contributed by atoms with Gasteiger partial charge in [0.05, 0.1) is 29.4 Å². The van der Waals surface area contributed by atoms with Crippen molar-refractivity contribution in [3.05, 3.63) is 81.3 Å². The molecule has 4 unspecified atom stereocenters. The third-order valence-corrected chi connectivity index (χ3v) is 11.6. The molecule has 2 aromatic heterocycles. The minimum absolute atomic E-state index is 0.0707. The Labute approximate surface area is 291 Å². The molecule has 7 rings (SSSR count). The number of aromatic nitrogens is 3. The molecule has 3 amide bonds. The van der Waals surface area contributed by atoms with E-state index < -0.39 is 5.54 Å². The summed E-state index contributed by atoms with van der Waals surface area (Å²) in [5.41, 5.74) is 6.14. The molecular formula is C37H48BrN7O3. The van der Waals surface area contributed by atoms with Gasteiger partial charge >= 0.3 is 6.03 Å². The number of halogens is 1. The standard InChI is InChI=1S/C37H48BrN7O3/c1-3-37(31-13-12-30-33(34(30)47)29(31)11-9-24-19-25(38)20-40-35(24)37)44-17-18-45(36(48)42-26-7-5-4-6-8-26)28(22-44)10-14-32(46)39-16-15-27-21-43(2)23-41-27/h10,12-13,19-21,23,26,30,33-34,47H,3-9,11,14-18,22H2,1-2H3,(H,39,46)(H,42,48)/b28-10+. The van der Waals surface area contributed by atoms with Gasteiger partial charge in [-0.25, -0.2) is 9.78 Å². The molecule has 3 N–H and O–H groups in total. The number of urea groups is 1. The molecule has 3 heterocycles. The number of nitrogens with one attached hydrogen (secondary N) is 2. The largest absolute Gasteiger partial charge is 0.392 e. The molecule has 1 saturated heterocycles. The Morgan fingerprint density at radius 2 is 2.00 bits per heavy atom. The number of aliphatic hydroxyl groups is 1. The van der Waals surface area contributed by atoms with E-state index in [1.54, 1.807) is 6.33 Å². The van der Waals surface area contributed by atoms with Crippen LogP contribution in [-0.2, 0) is 30.2 Å². The summed E-state index contributed by atoms with van der Waals surface area (Å²) in [6.45, 7) is 4.42. The third kappa shape index (κ3) is 6.41. The van der Waals surface area contributed by atoms with Crippen LogP contribution >= 0.6 is 15.9 Å². The predicted octanol–water partition coefficient (Wildman–Crippen LogP) is 4.90. The molecule has 3 fully saturated rings. The second-order valence-corrected chi connectivity index (χ2v) is 15.1. The fourth-order valence-electron chi connectivity index (χ4n) is 8.70. The van der Waals surface area contributed by atoms with Gasteiger partial charge in [0.1, 0.15) is 0 Å². The molecule has 5 aliphatic rings. The highest BCUT2D eigenvalue weighted by Gasteiger charge is 2.56. The number of amides is 3. The Kier molecular flexibility index (Phi) is 9.63. The number of hydrogen-bond donors (Lipinski definition) is 3. The Bertz CT molecular complexity index is 1640. The fraction of sp³-hybridized carbons (Fsp3) is 0.568. The summed E-state index contributed by atoms with van der Waals surface area (Å²) in [5.74, 6) is 0.293. The molecule has 0 radical (unpaired) electrons. The predicted molar refractivity (Wildman–Crippen MR) is 188 cm³/mol. The number of nitrogens with zero attached hydrogens (tertiary/aromatic N) is 5. The van der Waals surface area contributed by atoms with E-state index in [0.29, 0.717) is 32.6 Å². The van der Waals surface area contributed by atoms with Crippen LogP contribution in [-0.4, -0.2) is 79.7 Å². The van der Waals surface area contributed by atoms with Gasteiger partial charge in [0.2, 0.25) is 5.91 Å². The maximum absolute atomic E-state index is 13.9. The smallest absolute Gasteiger partial charge is 0.321 e. The molecule has 1 aliphatic heterocycles. The van der Waals surface area contributed by atoms with E-state index in [9.17, 15) is 14.7 Å². The monoisotopic (exact) mass is 717 g/mol. The summed E-state index contributed by atoms with van der Waals surface area (Å²) in [6.07, 6.45) is 20.6. The Morgan fingerprint density at radius 3 is 2.77 bits per heavy atom. The topological polar surface area (TPSA) is 116 Å². The molecule has 0 spiro atoms. The average molecular weight is 719 g/mol. The molecule has 0 bridgehead atoms. The van der Waals surface area contributed by atoms with Crippen molar-refractivity contribution < 1.29 is 14.7 Å². The van der Waals surface area contributed by atoms with Gasteiger partial charge in [-0.15, -0.1) is 0 Å². The maximum atomic E-state index is 13.9. The number of carbonyl (C=O) groups excluding carboxylic acids is 2. The van der Waals surface area contributed by atoms with Crippen molar-refractivity contribution in [2.75, 3.05) is 26.2 Å². The van der Waals surface area contributed by atoms with Gasteiger partial charge in [-0.05, 0) is 65.2 Å². The van der Waals surface area contributed by atoms with Crippen molar-refractivity contribution in [3.8, 4) is 0 Å².